The minimum Gasteiger partial charge on any atom is -0.305 e. The van der Waals surface area contributed by atoms with Gasteiger partial charge in [0.1, 0.15) is 5.78 Å². The number of carbonyl (C=O) groups is 1. The van der Waals surface area contributed by atoms with E-state index in [2.05, 4.69) is 17.3 Å². The summed E-state index contributed by atoms with van der Waals surface area (Å²) in [7, 11) is 1.92. The van der Waals surface area contributed by atoms with Crippen molar-refractivity contribution in [2.45, 2.75) is 38.8 Å². The predicted octanol–water partition coefficient (Wildman–Crippen LogP) is 1.11. The van der Waals surface area contributed by atoms with E-state index >= 15 is 0 Å². The zero-order chi connectivity index (χ0) is 11.0. The molecule has 2 heterocycles. The minimum atomic E-state index is 0.133. The molecule has 1 N–H and O–H groups in total. The molecule has 0 amide bonds. The van der Waals surface area contributed by atoms with Gasteiger partial charge in [0.2, 0.25) is 0 Å². The molecule has 0 aliphatic carbocycles. The van der Waals surface area contributed by atoms with E-state index in [-0.39, 0.29) is 12.1 Å². The van der Waals surface area contributed by atoms with Crippen molar-refractivity contribution in [3.05, 3.63) is 17.5 Å². The van der Waals surface area contributed by atoms with Crippen LogP contribution in [0.2, 0.25) is 0 Å². The number of nitrogens with one attached hydrogen (secondary N) is 1. The van der Waals surface area contributed by atoms with Crippen LogP contribution in [0.5, 0.6) is 0 Å². The topological polar surface area (TPSA) is 46.9 Å². The number of hydrogen-bond donors (Lipinski definition) is 1. The smallest absolute Gasteiger partial charge is 0.136 e. The molecule has 82 valence electrons. The lowest BCUT2D eigenvalue weighted by atomic mass is 9.95. The van der Waals surface area contributed by atoms with Gasteiger partial charge in [-0.15, -0.1) is 0 Å². The Labute approximate surface area is 89.7 Å². The first-order valence-corrected chi connectivity index (χ1v) is 5.34. The molecule has 4 heteroatoms. The van der Waals surface area contributed by atoms with E-state index in [1.165, 1.54) is 0 Å². The number of aromatic nitrogens is 2. The molecular weight excluding hydrogens is 190 g/mol. The highest BCUT2D eigenvalue weighted by molar-refractivity contribution is 5.80. The summed E-state index contributed by atoms with van der Waals surface area (Å²) in [5.41, 5.74) is 2.28. The summed E-state index contributed by atoms with van der Waals surface area (Å²) in [5.74, 6) is 0.340. The number of hydrogen-bond acceptors (Lipinski definition) is 3. The fraction of sp³-hybridized carbons (Fsp3) is 0.636. The molecule has 1 aliphatic heterocycles. The number of aryl methyl sites for hydroxylation is 2. The van der Waals surface area contributed by atoms with Crippen LogP contribution < -0.4 is 5.32 Å². The van der Waals surface area contributed by atoms with Crippen molar-refractivity contribution in [3.8, 4) is 0 Å². The van der Waals surface area contributed by atoms with Crippen molar-refractivity contribution in [3.63, 3.8) is 0 Å². The molecule has 4 nitrogen and oxygen atoms in total. The number of ketones is 1. The molecule has 1 aliphatic rings. The maximum Gasteiger partial charge on any atom is 0.136 e. The van der Waals surface area contributed by atoms with Crippen LogP contribution in [0.4, 0.5) is 0 Å². The summed E-state index contributed by atoms with van der Waals surface area (Å²) in [6, 6.07) is 0.402. The summed E-state index contributed by atoms with van der Waals surface area (Å²) in [6.45, 7) is 4.09. The summed E-state index contributed by atoms with van der Waals surface area (Å²) >= 11 is 0. The van der Waals surface area contributed by atoms with Gasteiger partial charge in [-0.2, -0.15) is 5.10 Å². The third kappa shape index (κ3) is 1.95. The van der Waals surface area contributed by atoms with Crippen molar-refractivity contribution in [1.82, 2.24) is 15.1 Å². The summed E-state index contributed by atoms with van der Waals surface area (Å²) in [5, 5.41) is 7.66. The van der Waals surface area contributed by atoms with Gasteiger partial charge in [0.25, 0.3) is 0 Å². The van der Waals surface area contributed by atoms with E-state index in [1.807, 2.05) is 24.9 Å². The standard InChI is InChI=1S/C11H17N3O/c1-7-6-12-14(3)11(7)10-5-9(15)4-8(2)13-10/h6,8,10,13H,4-5H2,1-3H3. The first-order chi connectivity index (χ1) is 7.08. The molecular formula is C11H17N3O. The molecule has 2 rings (SSSR count). The predicted molar refractivity (Wildman–Crippen MR) is 57.5 cm³/mol. The highest BCUT2D eigenvalue weighted by atomic mass is 16.1. The normalized spacial score (nSPS) is 27.0. The fourth-order valence-corrected chi connectivity index (χ4v) is 2.35. The number of piperidine rings is 1. The van der Waals surface area contributed by atoms with E-state index < -0.39 is 0 Å². The van der Waals surface area contributed by atoms with Gasteiger partial charge in [0, 0.05) is 25.9 Å². The van der Waals surface area contributed by atoms with Crippen LogP contribution in [-0.2, 0) is 11.8 Å². The van der Waals surface area contributed by atoms with E-state index in [9.17, 15) is 4.79 Å². The van der Waals surface area contributed by atoms with Crippen LogP contribution in [0.3, 0.4) is 0 Å². The van der Waals surface area contributed by atoms with Gasteiger partial charge in [-0.25, -0.2) is 0 Å². The summed E-state index contributed by atoms with van der Waals surface area (Å²) in [4.78, 5) is 11.5. The lowest BCUT2D eigenvalue weighted by Gasteiger charge is -2.28. The van der Waals surface area contributed by atoms with Crippen LogP contribution in [0.15, 0.2) is 6.20 Å². The average Bonchev–Trinajstić information content (AvgIpc) is 2.44. The average molecular weight is 207 g/mol. The first kappa shape index (κ1) is 10.4. The Morgan fingerprint density at radius 1 is 1.53 bits per heavy atom. The zero-order valence-corrected chi connectivity index (χ0v) is 9.45. The second-order valence-electron chi connectivity index (χ2n) is 4.40. The number of carbonyl (C=O) groups excluding carboxylic acids is 1. The van der Waals surface area contributed by atoms with Crippen LogP contribution in [-0.4, -0.2) is 21.6 Å². The van der Waals surface area contributed by atoms with Gasteiger partial charge < -0.3 is 5.32 Å². The zero-order valence-electron chi connectivity index (χ0n) is 9.45. The summed E-state index contributed by atoms with van der Waals surface area (Å²) < 4.78 is 1.86. The highest BCUT2D eigenvalue weighted by Gasteiger charge is 2.27. The molecule has 0 aromatic carbocycles. The van der Waals surface area contributed by atoms with Crippen molar-refractivity contribution >= 4 is 5.78 Å². The maximum absolute atomic E-state index is 11.5. The van der Waals surface area contributed by atoms with E-state index in [0.717, 1.165) is 11.3 Å². The van der Waals surface area contributed by atoms with Gasteiger partial charge >= 0.3 is 0 Å². The van der Waals surface area contributed by atoms with Crippen LogP contribution in [0.25, 0.3) is 0 Å². The van der Waals surface area contributed by atoms with Gasteiger partial charge in [-0.05, 0) is 19.4 Å². The molecule has 0 saturated carbocycles. The van der Waals surface area contributed by atoms with Crippen molar-refractivity contribution < 1.29 is 4.79 Å². The molecule has 1 aromatic rings. The van der Waals surface area contributed by atoms with Crippen LogP contribution >= 0.6 is 0 Å². The highest BCUT2D eigenvalue weighted by Crippen LogP contribution is 2.25. The Bertz CT molecular complexity index is 364. The molecule has 2 atom stereocenters. The van der Waals surface area contributed by atoms with E-state index in [1.54, 1.807) is 0 Å². The largest absolute Gasteiger partial charge is 0.305 e. The van der Waals surface area contributed by atoms with Crippen LogP contribution in [0.1, 0.15) is 37.1 Å². The van der Waals surface area contributed by atoms with E-state index in [0.29, 0.717) is 18.6 Å². The Hall–Kier alpha value is -1.16. The second kappa shape index (κ2) is 3.77. The SMILES string of the molecule is Cc1cnn(C)c1C1CC(=O)CC(C)N1. The first-order valence-electron chi connectivity index (χ1n) is 5.34. The van der Waals surface area contributed by atoms with E-state index in [4.69, 9.17) is 0 Å². The number of Topliss-reactive ketones (excluding diaryl/α,β-unsaturated/α-hetero) is 1. The van der Waals surface area contributed by atoms with Crippen molar-refractivity contribution in [1.29, 1.82) is 0 Å². The van der Waals surface area contributed by atoms with Gasteiger partial charge in [0.05, 0.1) is 17.9 Å². The van der Waals surface area contributed by atoms with Gasteiger partial charge in [-0.3, -0.25) is 9.48 Å². The van der Waals surface area contributed by atoms with Gasteiger partial charge in [0.15, 0.2) is 0 Å². The second-order valence-corrected chi connectivity index (χ2v) is 4.40. The Balaban J connectivity index is 2.27. The summed E-state index contributed by atoms with van der Waals surface area (Å²) in [6.07, 6.45) is 3.08. The Kier molecular flexibility index (Phi) is 2.61. The molecule has 15 heavy (non-hydrogen) atoms. The van der Waals surface area contributed by atoms with Crippen LogP contribution in [0, 0.1) is 6.92 Å². The maximum atomic E-state index is 11.5. The molecule has 2 unspecified atom stereocenters. The fourth-order valence-electron chi connectivity index (χ4n) is 2.35. The third-order valence-electron chi connectivity index (χ3n) is 2.96. The Morgan fingerprint density at radius 3 is 2.80 bits per heavy atom. The molecule has 0 bridgehead atoms. The monoisotopic (exact) mass is 207 g/mol. The molecule has 0 spiro atoms. The lowest BCUT2D eigenvalue weighted by molar-refractivity contribution is -0.121. The van der Waals surface area contributed by atoms with Crippen molar-refractivity contribution in [2.75, 3.05) is 0 Å². The quantitative estimate of drug-likeness (QED) is 0.750. The lowest BCUT2D eigenvalue weighted by Crippen LogP contribution is -2.39. The van der Waals surface area contributed by atoms with Gasteiger partial charge in [-0.1, -0.05) is 0 Å². The number of nitrogens with zero attached hydrogens (tertiary/aromatic N) is 2. The molecule has 1 aromatic heterocycles. The molecule has 0 radical (unpaired) electrons. The molecule has 1 fully saturated rings. The van der Waals surface area contributed by atoms with Crippen molar-refractivity contribution in [2.24, 2.45) is 7.05 Å². The minimum absolute atomic E-state index is 0.133. The number of rotatable bonds is 1. The third-order valence-corrected chi connectivity index (χ3v) is 2.96. The Morgan fingerprint density at radius 2 is 2.27 bits per heavy atom. The molecule has 1 saturated heterocycles.